The molecule has 0 unspecified atom stereocenters. The third-order valence-corrected chi connectivity index (χ3v) is 5.51. The Balaban J connectivity index is 1.30. The molecular weight excluding hydrogens is 376 g/mol. The summed E-state index contributed by atoms with van der Waals surface area (Å²) in [5, 5.41) is 8.67. The maximum atomic E-state index is 12.4. The third-order valence-electron chi connectivity index (χ3n) is 5.51. The summed E-state index contributed by atoms with van der Waals surface area (Å²) in [6.45, 7) is 4.42. The Morgan fingerprint density at radius 2 is 1.80 bits per heavy atom. The van der Waals surface area contributed by atoms with Gasteiger partial charge in [0.1, 0.15) is 5.82 Å². The summed E-state index contributed by atoms with van der Waals surface area (Å²) < 4.78 is 1.89. The van der Waals surface area contributed by atoms with Crippen molar-refractivity contribution < 1.29 is 4.79 Å². The van der Waals surface area contributed by atoms with Crippen molar-refractivity contribution in [3.05, 3.63) is 71.3 Å². The van der Waals surface area contributed by atoms with Crippen molar-refractivity contribution in [2.75, 3.05) is 0 Å². The molecule has 3 heterocycles. The Kier molecular flexibility index (Phi) is 4.43. The molecule has 5 aromatic rings. The Morgan fingerprint density at radius 1 is 1.03 bits per heavy atom. The highest BCUT2D eigenvalue weighted by Crippen LogP contribution is 2.23. The summed E-state index contributed by atoms with van der Waals surface area (Å²) in [4.78, 5) is 24.9. The van der Waals surface area contributed by atoms with Crippen LogP contribution in [0.2, 0.25) is 0 Å². The van der Waals surface area contributed by atoms with Gasteiger partial charge in [-0.05, 0) is 50.1 Å². The van der Waals surface area contributed by atoms with Gasteiger partial charge in [-0.2, -0.15) is 5.10 Å². The third kappa shape index (κ3) is 3.18. The van der Waals surface area contributed by atoms with Crippen LogP contribution in [0.4, 0.5) is 0 Å². The van der Waals surface area contributed by atoms with Gasteiger partial charge in [0, 0.05) is 23.2 Å². The largest absolute Gasteiger partial charge is 0.349 e. The average Bonchev–Trinajstić information content (AvgIpc) is 3.33. The lowest BCUT2D eigenvalue weighted by Gasteiger charge is -2.11. The van der Waals surface area contributed by atoms with E-state index in [1.54, 1.807) is 0 Å². The molecule has 0 aliphatic rings. The zero-order valence-electron chi connectivity index (χ0n) is 16.9. The summed E-state index contributed by atoms with van der Waals surface area (Å²) in [5.74, 6) is 0.739. The maximum Gasteiger partial charge on any atom is 0.220 e. The van der Waals surface area contributed by atoms with Crippen LogP contribution in [0.3, 0.4) is 0 Å². The standard InChI is InChI=1S/C23H22N6O/c1-14-16(15(2)29-23(25-14)17-7-3-4-8-18(17)28-29)11-12-22(30)24-13-21-26-19-9-5-6-10-20(19)27-21/h3-10H,11-13H2,1-2H3,(H,24,30)(H,26,27). The molecule has 2 N–H and O–H groups in total. The zero-order chi connectivity index (χ0) is 20.7. The Bertz CT molecular complexity index is 1360. The molecule has 0 radical (unpaired) electrons. The molecule has 7 nitrogen and oxygen atoms in total. The van der Waals surface area contributed by atoms with E-state index in [2.05, 4.69) is 20.4 Å². The van der Waals surface area contributed by atoms with Gasteiger partial charge in [-0.25, -0.2) is 14.5 Å². The van der Waals surface area contributed by atoms with E-state index in [0.717, 1.165) is 50.4 Å². The molecular formula is C23H22N6O. The van der Waals surface area contributed by atoms with Crippen molar-refractivity contribution >= 4 is 33.5 Å². The number of aryl methyl sites for hydroxylation is 2. The van der Waals surface area contributed by atoms with E-state index >= 15 is 0 Å². The summed E-state index contributed by atoms with van der Waals surface area (Å²) in [6, 6.07) is 15.8. The first-order chi connectivity index (χ1) is 14.6. The van der Waals surface area contributed by atoms with Gasteiger partial charge in [-0.3, -0.25) is 4.79 Å². The molecule has 1 amide bonds. The van der Waals surface area contributed by atoms with Crippen LogP contribution in [0.25, 0.3) is 27.6 Å². The second-order valence-electron chi connectivity index (χ2n) is 7.49. The fourth-order valence-electron chi connectivity index (χ4n) is 3.94. The molecule has 30 heavy (non-hydrogen) atoms. The summed E-state index contributed by atoms with van der Waals surface area (Å²) in [7, 11) is 0. The molecule has 0 bridgehead atoms. The van der Waals surface area contributed by atoms with Crippen LogP contribution < -0.4 is 5.32 Å². The molecule has 7 heteroatoms. The lowest BCUT2D eigenvalue weighted by Crippen LogP contribution is -2.24. The van der Waals surface area contributed by atoms with Crippen molar-refractivity contribution in [2.45, 2.75) is 33.2 Å². The van der Waals surface area contributed by atoms with E-state index in [9.17, 15) is 4.79 Å². The number of imidazole rings is 1. The van der Waals surface area contributed by atoms with E-state index in [0.29, 0.717) is 19.4 Å². The van der Waals surface area contributed by atoms with Gasteiger partial charge in [-0.15, -0.1) is 0 Å². The SMILES string of the molecule is Cc1nc2c3ccccc3nn2c(C)c1CCC(=O)NCc1nc2ccccc2[nH]1. The number of nitrogens with one attached hydrogen (secondary N) is 2. The maximum absolute atomic E-state index is 12.4. The number of rotatable bonds is 5. The van der Waals surface area contributed by atoms with Crippen LogP contribution in [0.1, 0.15) is 29.2 Å². The molecule has 0 fully saturated rings. The molecule has 0 saturated heterocycles. The van der Waals surface area contributed by atoms with Crippen molar-refractivity contribution in [1.82, 2.24) is 29.9 Å². The van der Waals surface area contributed by atoms with Crippen LogP contribution in [0.15, 0.2) is 48.5 Å². The summed E-state index contributed by atoms with van der Waals surface area (Å²) in [5.41, 5.74) is 6.69. The van der Waals surface area contributed by atoms with E-state index in [4.69, 9.17) is 4.98 Å². The van der Waals surface area contributed by atoms with Gasteiger partial charge in [0.05, 0.1) is 23.1 Å². The summed E-state index contributed by atoms with van der Waals surface area (Å²) >= 11 is 0. The molecule has 0 atom stereocenters. The minimum atomic E-state index is -0.0139. The van der Waals surface area contributed by atoms with Gasteiger partial charge in [0.2, 0.25) is 5.91 Å². The Hall–Kier alpha value is -3.74. The van der Waals surface area contributed by atoms with Gasteiger partial charge in [0.15, 0.2) is 5.65 Å². The van der Waals surface area contributed by atoms with E-state index in [1.165, 1.54) is 0 Å². The number of fused-ring (bicyclic) bond motifs is 4. The predicted octanol–water partition coefficient (Wildman–Crippen LogP) is 3.62. The number of aromatic nitrogens is 5. The monoisotopic (exact) mass is 398 g/mol. The number of amides is 1. The number of hydrogen-bond acceptors (Lipinski definition) is 4. The molecule has 0 aliphatic heterocycles. The molecule has 5 rings (SSSR count). The fourth-order valence-corrected chi connectivity index (χ4v) is 3.94. The minimum absolute atomic E-state index is 0.0139. The lowest BCUT2D eigenvalue weighted by molar-refractivity contribution is -0.121. The molecule has 0 saturated carbocycles. The van der Waals surface area contributed by atoms with E-state index < -0.39 is 0 Å². The summed E-state index contributed by atoms with van der Waals surface area (Å²) in [6.07, 6.45) is 0.999. The number of nitrogens with zero attached hydrogens (tertiary/aromatic N) is 4. The van der Waals surface area contributed by atoms with Gasteiger partial charge in [0.25, 0.3) is 0 Å². The molecule has 2 aromatic carbocycles. The first kappa shape index (κ1) is 18.3. The zero-order valence-corrected chi connectivity index (χ0v) is 16.9. The second kappa shape index (κ2) is 7.26. The van der Waals surface area contributed by atoms with Crippen LogP contribution in [-0.2, 0) is 17.8 Å². The van der Waals surface area contributed by atoms with Crippen molar-refractivity contribution in [3.63, 3.8) is 0 Å². The Morgan fingerprint density at radius 3 is 2.63 bits per heavy atom. The number of H-pyrrole nitrogens is 1. The first-order valence-electron chi connectivity index (χ1n) is 10.0. The molecule has 0 aliphatic carbocycles. The molecule has 0 spiro atoms. The van der Waals surface area contributed by atoms with Gasteiger partial charge >= 0.3 is 0 Å². The van der Waals surface area contributed by atoms with Crippen molar-refractivity contribution in [2.24, 2.45) is 0 Å². The highest BCUT2D eigenvalue weighted by molar-refractivity contribution is 5.92. The molecule has 150 valence electrons. The fraction of sp³-hybridized carbons (Fsp3) is 0.217. The number of carbonyl (C=O) groups excluding carboxylic acids is 1. The van der Waals surface area contributed by atoms with Gasteiger partial charge in [-0.1, -0.05) is 24.3 Å². The lowest BCUT2D eigenvalue weighted by atomic mass is 10.1. The van der Waals surface area contributed by atoms with Crippen molar-refractivity contribution in [1.29, 1.82) is 0 Å². The van der Waals surface area contributed by atoms with Crippen LogP contribution >= 0.6 is 0 Å². The normalized spacial score (nSPS) is 11.5. The second-order valence-corrected chi connectivity index (χ2v) is 7.49. The number of aromatic amines is 1. The molecule has 3 aromatic heterocycles. The number of para-hydroxylation sites is 2. The average molecular weight is 398 g/mol. The van der Waals surface area contributed by atoms with Crippen molar-refractivity contribution in [3.8, 4) is 0 Å². The number of hydrogen-bond donors (Lipinski definition) is 2. The quantitative estimate of drug-likeness (QED) is 0.473. The first-order valence-corrected chi connectivity index (χ1v) is 10.0. The predicted molar refractivity (Wildman–Crippen MR) is 116 cm³/mol. The topological polar surface area (TPSA) is 88.0 Å². The van der Waals surface area contributed by atoms with Gasteiger partial charge < -0.3 is 10.3 Å². The Labute approximate surface area is 173 Å². The van der Waals surface area contributed by atoms with E-state index in [1.807, 2.05) is 66.9 Å². The highest BCUT2D eigenvalue weighted by Gasteiger charge is 2.15. The number of carbonyl (C=O) groups is 1. The van der Waals surface area contributed by atoms with Crippen LogP contribution in [0, 0.1) is 13.8 Å². The van der Waals surface area contributed by atoms with E-state index in [-0.39, 0.29) is 5.91 Å². The smallest absolute Gasteiger partial charge is 0.220 e. The number of benzene rings is 2. The highest BCUT2D eigenvalue weighted by atomic mass is 16.1. The minimum Gasteiger partial charge on any atom is -0.349 e. The van der Waals surface area contributed by atoms with Crippen LogP contribution in [0.5, 0.6) is 0 Å². The van der Waals surface area contributed by atoms with Crippen LogP contribution in [-0.4, -0.2) is 30.5 Å².